The monoisotopic (exact) mass is 380 g/mol. The Morgan fingerprint density at radius 1 is 1.45 bits per heavy atom. The van der Waals surface area contributed by atoms with Gasteiger partial charge in [-0.3, -0.25) is 4.79 Å². The number of ether oxygens (including phenoxy) is 1. The van der Waals surface area contributed by atoms with Crippen molar-refractivity contribution < 1.29 is 9.53 Å². The van der Waals surface area contributed by atoms with E-state index in [1.165, 1.54) is 11.8 Å². The first-order valence-corrected chi connectivity index (χ1v) is 8.40. The third-order valence-electron chi connectivity index (χ3n) is 3.06. The van der Waals surface area contributed by atoms with Gasteiger partial charge in [0.1, 0.15) is 10.8 Å². The molecule has 0 aliphatic heterocycles. The Bertz CT molecular complexity index is 851. The number of thioether (sulfide) groups is 1. The minimum Gasteiger partial charge on any atom is -0.465 e. The number of halogens is 1. The standard InChI is InChI=1S/C14H13BrN4O2S/c1-3-21-13(20)7(2)22-14-17-12-11(18-19-14)9-6-8(15)4-5-10(9)16-12/h4-7H,3H2,1-2H3,(H,16,17,19)/t7-/m0/s1. The first-order chi connectivity index (χ1) is 10.6. The lowest BCUT2D eigenvalue weighted by Crippen LogP contribution is -2.17. The topological polar surface area (TPSA) is 80.8 Å². The maximum atomic E-state index is 11.7. The molecule has 0 fully saturated rings. The Kier molecular flexibility index (Phi) is 4.30. The molecule has 0 unspecified atom stereocenters. The summed E-state index contributed by atoms with van der Waals surface area (Å²) < 4.78 is 5.95. The Balaban J connectivity index is 1.93. The molecule has 0 radical (unpaired) electrons. The third-order valence-corrected chi connectivity index (χ3v) is 4.48. The number of hydrogen-bond donors (Lipinski definition) is 1. The molecule has 0 aliphatic rings. The van der Waals surface area contributed by atoms with Gasteiger partial charge in [-0.2, -0.15) is 0 Å². The molecule has 2 aromatic heterocycles. The molecule has 0 saturated heterocycles. The van der Waals surface area contributed by atoms with Crippen LogP contribution in [0.4, 0.5) is 0 Å². The van der Waals surface area contributed by atoms with Crippen molar-refractivity contribution in [2.45, 2.75) is 24.3 Å². The number of carbonyl (C=O) groups is 1. The molecule has 8 heteroatoms. The van der Waals surface area contributed by atoms with E-state index in [1.54, 1.807) is 13.8 Å². The number of benzene rings is 1. The van der Waals surface area contributed by atoms with Crippen LogP contribution in [0.25, 0.3) is 22.1 Å². The number of hydrogen-bond acceptors (Lipinski definition) is 6. The summed E-state index contributed by atoms with van der Waals surface area (Å²) in [5.41, 5.74) is 2.31. The molecule has 1 N–H and O–H groups in total. The largest absolute Gasteiger partial charge is 0.465 e. The predicted octanol–water partition coefficient (Wildman–Crippen LogP) is 3.31. The van der Waals surface area contributed by atoms with Crippen molar-refractivity contribution in [3.05, 3.63) is 22.7 Å². The minimum absolute atomic E-state index is 0.281. The van der Waals surface area contributed by atoms with Crippen molar-refractivity contribution in [3.63, 3.8) is 0 Å². The fourth-order valence-electron chi connectivity index (χ4n) is 2.04. The van der Waals surface area contributed by atoms with Gasteiger partial charge >= 0.3 is 5.97 Å². The summed E-state index contributed by atoms with van der Waals surface area (Å²) in [5, 5.41) is 9.36. The van der Waals surface area contributed by atoms with E-state index < -0.39 is 0 Å². The summed E-state index contributed by atoms with van der Waals surface area (Å²) in [5.74, 6) is -0.281. The SMILES string of the molecule is CCOC(=O)[C@H](C)Sc1nnc2c(n1)[nH]c1ccc(Br)cc12. The number of carbonyl (C=O) groups excluding carboxylic acids is 1. The zero-order chi connectivity index (χ0) is 15.7. The van der Waals surface area contributed by atoms with Crippen LogP contribution in [0.3, 0.4) is 0 Å². The Hall–Kier alpha value is -1.67. The maximum Gasteiger partial charge on any atom is 0.319 e. The van der Waals surface area contributed by atoms with Crippen molar-refractivity contribution >= 4 is 55.7 Å². The number of esters is 1. The fourth-order valence-corrected chi connectivity index (χ4v) is 3.12. The van der Waals surface area contributed by atoms with Gasteiger partial charge in [0.25, 0.3) is 0 Å². The molecule has 6 nitrogen and oxygen atoms in total. The van der Waals surface area contributed by atoms with Crippen molar-refractivity contribution in [2.75, 3.05) is 6.61 Å². The minimum atomic E-state index is -0.377. The molecule has 0 amide bonds. The second-order valence-corrected chi connectivity index (χ2v) is 6.84. The van der Waals surface area contributed by atoms with E-state index in [9.17, 15) is 4.79 Å². The first-order valence-electron chi connectivity index (χ1n) is 6.73. The second-order valence-electron chi connectivity index (χ2n) is 4.62. The van der Waals surface area contributed by atoms with Gasteiger partial charge in [0.2, 0.25) is 5.16 Å². The Morgan fingerprint density at radius 2 is 2.27 bits per heavy atom. The summed E-state index contributed by atoms with van der Waals surface area (Å²) in [6.07, 6.45) is 0. The molecule has 1 aromatic carbocycles. The van der Waals surface area contributed by atoms with Crippen LogP contribution in [0.1, 0.15) is 13.8 Å². The molecule has 114 valence electrons. The van der Waals surface area contributed by atoms with Crippen LogP contribution < -0.4 is 0 Å². The van der Waals surface area contributed by atoms with Gasteiger partial charge < -0.3 is 9.72 Å². The van der Waals surface area contributed by atoms with Crippen molar-refractivity contribution in [1.82, 2.24) is 20.2 Å². The molecular formula is C14H13BrN4O2S. The highest BCUT2D eigenvalue weighted by Gasteiger charge is 2.18. The van der Waals surface area contributed by atoms with Crippen LogP contribution >= 0.6 is 27.7 Å². The van der Waals surface area contributed by atoms with Crippen molar-refractivity contribution in [3.8, 4) is 0 Å². The smallest absolute Gasteiger partial charge is 0.319 e. The zero-order valence-electron chi connectivity index (χ0n) is 12.0. The number of fused-ring (bicyclic) bond motifs is 3. The van der Waals surface area contributed by atoms with E-state index in [0.29, 0.717) is 22.9 Å². The Labute approximate surface area is 139 Å². The highest BCUT2D eigenvalue weighted by atomic mass is 79.9. The second kappa shape index (κ2) is 6.21. The number of aromatic nitrogens is 4. The lowest BCUT2D eigenvalue weighted by molar-refractivity contribution is -0.142. The molecule has 3 rings (SSSR count). The summed E-state index contributed by atoms with van der Waals surface area (Å²) in [6, 6.07) is 5.87. The molecule has 0 aliphatic carbocycles. The molecule has 0 saturated carbocycles. The summed E-state index contributed by atoms with van der Waals surface area (Å²) >= 11 is 4.67. The van der Waals surface area contributed by atoms with Crippen molar-refractivity contribution in [1.29, 1.82) is 0 Å². The van der Waals surface area contributed by atoms with Gasteiger partial charge in [0.05, 0.1) is 6.61 Å². The van der Waals surface area contributed by atoms with Crippen molar-refractivity contribution in [2.24, 2.45) is 0 Å². The summed E-state index contributed by atoms with van der Waals surface area (Å²) in [4.78, 5) is 19.3. The van der Waals surface area contributed by atoms with Gasteiger partial charge in [-0.25, -0.2) is 4.98 Å². The summed E-state index contributed by atoms with van der Waals surface area (Å²) in [6.45, 7) is 3.90. The quantitative estimate of drug-likeness (QED) is 0.552. The molecule has 0 spiro atoms. The van der Waals surface area contributed by atoms with Crippen LogP contribution in [-0.2, 0) is 9.53 Å². The predicted molar refractivity (Wildman–Crippen MR) is 88.8 cm³/mol. The number of nitrogens with zero attached hydrogens (tertiary/aromatic N) is 3. The molecule has 1 atom stereocenters. The van der Waals surface area contributed by atoms with E-state index in [4.69, 9.17) is 4.74 Å². The van der Waals surface area contributed by atoms with Gasteiger partial charge in [-0.1, -0.05) is 27.7 Å². The Morgan fingerprint density at radius 3 is 3.05 bits per heavy atom. The van der Waals surface area contributed by atoms with E-state index in [-0.39, 0.29) is 11.2 Å². The zero-order valence-corrected chi connectivity index (χ0v) is 14.4. The van der Waals surface area contributed by atoms with E-state index >= 15 is 0 Å². The fraction of sp³-hybridized carbons (Fsp3) is 0.286. The normalized spacial score (nSPS) is 12.7. The molecule has 22 heavy (non-hydrogen) atoms. The number of nitrogens with one attached hydrogen (secondary N) is 1. The van der Waals surface area contributed by atoms with E-state index in [2.05, 4.69) is 36.1 Å². The molecular weight excluding hydrogens is 368 g/mol. The molecule has 3 aromatic rings. The highest BCUT2D eigenvalue weighted by molar-refractivity contribution is 9.10. The number of aromatic amines is 1. The van der Waals surface area contributed by atoms with E-state index in [0.717, 1.165) is 15.4 Å². The average Bonchev–Trinajstić information content (AvgIpc) is 2.84. The van der Waals surface area contributed by atoms with Gasteiger partial charge in [-0.05, 0) is 32.0 Å². The number of H-pyrrole nitrogens is 1. The average molecular weight is 381 g/mol. The summed E-state index contributed by atoms with van der Waals surface area (Å²) in [7, 11) is 0. The highest BCUT2D eigenvalue weighted by Crippen LogP contribution is 2.27. The van der Waals surface area contributed by atoms with Gasteiger partial charge in [0, 0.05) is 15.4 Å². The van der Waals surface area contributed by atoms with Gasteiger partial charge in [0.15, 0.2) is 5.65 Å². The molecule has 0 bridgehead atoms. The number of rotatable bonds is 4. The first kappa shape index (κ1) is 15.2. The maximum absolute atomic E-state index is 11.7. The lowest BCUT2D eigenvalue weighted by Gasteiger charge is -2.08. The third kappa shape index (κ3) is 2.93. The van der Waals surface area contributed by atoms with Crippen LogP contribution in [0, 0.1) is 0 Å². The van der Waals surface area contributed by atoms with Gasteiger partial charge in [-0.15, -0.1) is 10.2 Å². The van der Waals surface area contributed by atoms with Crippen LogP contribution in [0.5, 0.6) is 0 Å². The lowest BCUT2D eigenvalue weighted by atomic mass is 10.2. The van der Waals surface area contributed by atoms with Crippen LogP contribution in [0.2, 0.25) is 0 Å². The van der Waals surface area contributed by atoms with Crippen LogP contribution in [0.15, 0.2) is 27.8 Å². The molecule has 2 heterocycles. The van der Waals surface area contributed by atoms with E-state index in [1.807, 2.05) is 18.2 Å². The van der Waals surface area contributed by atoms with Crippen LogP contribution in [-0.4, -0.2) is 38.0 Å².